The Labute approximate surface area is 174 Å². The Morgan fingerprint density at radius 1 is 1.17 bits per heavy atom. The van der Waals surface area contributed by atoms with Crippen molar-refractivity contribution in [1.82, 2.24) is 4.90 Å². The molecular weight excluding hydrogens is 396 g/mol. The van der Waals surface area contributed by atoms with E-state index in [0.29, 0.717) is 16.3 Å². The van der Waals surface area contributed by atoms with E-state index in [0.717, 1.165) is 5.56 Å². The van der Waals surface area contributed by atoms with E-state index in [1.54, 1.807) is 55.5 Å². The number of nitrogens with zero attached hydrogens (tertiary/aromatic N) is 1. The summed E-state index contributed by atoms with van der Waals surface area (Å²) >= 11 is 5.94. The summed E-state index contributed by atoms with van der Waals surface area (Å²) in [6.07, 6.45) is -1.48. The molecule has 0 aliphatic rings. The van der Waals surface area contributed by atoms with Gasteiger partial charge in [0.1, 0.15) is 0 Å². The zero-order valence-corrected chi connectivity index (χ0v) is 17.0. The number of aryl methyl sites for hydroxylation is 1. The van der Waals surface area contributed by atoms with Gasteiger partial charge in [0.25, 0.3) is 5.91 Å². The van der Waals surface area contributed by atoms with Crippen LogP contribution < -0.4 is 5.32 Å². The Hall–Kier alpha value is -2.90. The fourth-order valence-corrected chi connectivity index (χ4v) is 2.71. The topological polar surface area (TPSA) is 95.9 Å². The summed E-state index contributed by atoms with van der Waals surface area (Å²) in [5, 5.41) is 13.2. The van der Waals surface area contributed by atoms with Crippen LogP contribution in [0.4, 0.5) is 5.69 Å². The minimum Gasteiger partial charge on any atom is -0.453 e. The number of anilines is 1. The highest BCUT2D eigenvalue weighted by Gasteiger charge is 2.22. The first-order chi connectivity index (χ1) is 13.8. The fourth-order valence-electron chi connectivity index (χ4n) is 2.54. The van der Waals surface area contributed by atoms with Gasteiger partial charge in [0, 0.05) is 17.3 Å². The van der Waals surface area contributed by atoms with Gasteiger partial charge in [-0.2, -0.15) is 0 Å². The number of aliphatic hydroxyl groups excluding tert-OH is 1. The molecule has 0 saturated carbocycles. The Morgan fingerprint density at radius 2 is 1.86 bits per heavy atom. The molecule has 2 aromatic rings. The first kappa shape index (κ1) is 22.4. The summed E-state index contributed by atoms with van der Waals surface area (Å²) in [7, 11) is 0. The number of amides is 2. The van der Waals surface area contributed by atoms with Crippen LogP contribution in [-0.2, 0) is 19.1 Å². The molecule has 154 valence electrons. The summed E-state index contributed by atoms with van der Waals surface area (Å²) in [5.74, 6) is -1.88. The van der Waals surface area contributed by atoms with E-state index in [2.05, 4.69) is 5.32 Å². The molecule has 2 N–H and O–H groups in total. The molecule has 2 rings (SSSR count). The van der Waals surface area contributed by atoms with Crippen molar-refractivity contribution in [2.75, 3.05) is 25.0 Å². The van der Waals surface area contributed by atoms with E-state index in [4.69, 9.17) is 16.3 Å². The maximum absolute atomic E-state index is 12.3. The zero-order valence-electron chi connectivity index (χ0n) is 16.2. The van der Waals surface area contributed by atoms with Crippen LogP contribution in [0.1, 0.15) is 24.2 Å². The number of halogens is 1. The quantitative estimate of drug-likeness (QED) is 0.642. The lowest BCUT2D eigenvalue weighted by Crippen LogP contribution is -2.40. The van der Waals surface area contributed by atoms with Gasteiger partial charge in [-0.05, 0) is 37.1 Å². The molecule has 0 heterocycles. The van der Waals surface area contributed by atoms with Gasteiger partial charge in [0.15, 0.2) is 12.7 Å². The molecule has 0 fully saturated rings. The van der Waals surface area contributed by atoms with Crippen LogP contribution in [0.25, 0.3) is 0 Å². The third kappa shape index (κ3) is 6.58. The average molecular weight is 419 g/mol. The van der Waals surface area contributed by atoms with E-state index in [1.165, 1.54) is 4.90 Å². The molecule has 2 aromatic carbocycles. The molecule has 8 heteroatoms. The van der Waals surface area contributed by atoms with Crippen molar-refractivity contribution in [2.45, 2.75) is 20.0 Å². The molecule has 0 aliphatic carbocycles. The number of benzene rings is 2. The lowest BCUT2D eigenvalue weighted by atomic mass is 10.1. The van der Waals surface area contributed by atoms with Gasteiger partial charge in [0.2, 0.25) is 5.91 Å². The van der Waals surface area contributed by atoms with E-state index in [-0.39, 0.29) is 13.1 Å². The van der Waals surface area contributed by atoms with Crippen LogP contribution in [0.15, 0.2) is 48.5 Å². The predicted octanol–water partition coefficient (Wildman–Crippen LogP) is 2.71. The van der Waals surface area contributed by atoms with Crippen LogP contribution in [-0.4, -0.2) is 47.5 Å². The monoisotopic (exact) mass is 418 g/mol. The number of esters is 1. The van der Waals surface area contributed by atoms with Crippen LogP contribution in [0.2, 0.25) is 5.02 Å². The number of aliphatic hydroxyl groups is 1. The standard InChI is InChI=1S/C21H23ClN2O5/c1-3-24(12-18(25)23-17-11-16(22)10-9-14(17)2)19(26)13-29-21(28)20(27)15-7-5-4-6-8-15/h4-11,20,27H,3,12-13H2,1-2H3,(H,23,25)/t20-/m1/s1. The molecule has 0 radical (unpaired) electrons. The fraction of sp³-hybridized carbons (Fsp3) is 0.286. The van der Waals surface area contributed by atoms with Gasteiger partial charge >= 0.3 is 5.97 Å². The summed E-state index contributed by atoms with van der Waals surface area (Å²) in [5.41, 5.74) is 1.76. The second-order valence-corrected chi connectivity index (χ2v) is 6.77. The highest BCUT2D eigenvalue weighted by atomic mass is 35.5. The lowest BCUT2D eigenvalue weighted by Gasteiger charge is -2.21. The van der Waals surface area contributed by atoms with Crippen molar-refractivity contribution in [2.24, 2.45) is 0 Å². The number of nitrogens with one attached hydrogen (secondary N) is 1. The van der Waals surface area contributed by atoms with Crippen LogP contribution >= 0.6 is 11.6 Å². The minimum atomic E-state index is -1.48. The maximum Gasteiger partial charge on any atom is 0.340 e. The number of carbonyl (C=O) groups is 3. The Kier molecular flexibility index (Phi) is 8.18. The second kappa shape index (κ2) is 10.6. The summed E-state index contributed by atoms with van der Waals surface area (Å²) in [6, 6.07) is 13.4. The van der Waals surface area contributed by atoms with E-state index >= 15 is 0 Å². The summed E-state index contributed by atoms with van der Waals surface area (Å²) in [4.78, 5) is 37.8. The number of likely N-dealkylation sites (N-methyl/N-ethyl adjacent to an activating group) is 1. The molecule has 7 nitrogen and oxygen atoms in total. The number of carbonyl (C=O) groups excluding carboxylic acids is 3. The van der Waals surface area contributed by atoms with E-state index < -0.39 is 30.5 Å². The molecule has 0 saturated heterocycles. The third-order valence-corrected chi connectivity index (χ3v) is 4.45. The second-order valence-electron chi connectivity index (χ2n) is 6.34. The SMILES string of the molecule is CCN(CC(=O)Nc1cc(Cl)ccc1C)C(=O)COC(=O)[C@H](O)c1ccccc1. The minimum absolute atomic E-state index is 0.208. The van der Waals surface area contributed by atoms with Gasteiger partial charge in [-0.3, -0.25) is 9.59 Å². The van der Waals surface area contributed by atoms with E-state index in [9.17, 15) is 19.5 Å². The van der Waals surface area contributed by atoms with Crippen molar-refractivity contribution in [1.29, 1.82) is 0 Å². The van der Waals surface area contributed by atoms with Gasteiger partial charge in [-0.25, -0.2) is 4.79 Å². The average Bonchev–Trinajstić information content (AvgIpc) is 2.72. The van der Waals surface area contributed by atoms with Crippen LogP contribution in [0.5, 0.6) is 0 Å². The third-order valence-electron chi connectivity index (χ3n) is 4.22. The summed E-state index contributed by atoms with van der Waals surface area (Å²) in [6.45, 7) is 3.00. The van der Waals surface area contributed by atoms with Crippen molar-refractivity contribution in [3.8, 4) is 0 Å². The number of ether oxygens (including phenoxy) is 1. The smallest absolute Gasteiger partial charge is 0.340 e. The number of rotatable bonds is 8. The number of hydrogen-bond acceptors (Lipinski definition) is 5. The molecule has 29 heavy (non-hydrogen) atoms. The Bertz CT molecular complexity index is 873. The molecule has 2 amide bonds. The molecular formula is C21H23ClN2O5. The maximum atomic E-state index is 12.3. The van der Waals surface area contributed by atoms with Crippen LogP contribution in [0.3, 0.4) is 0 Å². The number of hydrogen-bond donors (Lipinski definition) is 2. The van der Waals surface area contributed by atoms with Crippen molar-refractivity contribution >= 4 is 35.1 Å². The van der Waals surface area contributed by atoms with Gasteiger partial charge in [0.05, 0.1) is 6.54 Å². The largest absolute Gasteiger partial charge is 0.453 e. The molecule has 1 atom stereocenters. The van der Waals surface area contributed by atoms with Crippen molar-refractivity contribution < 1.29 is 24.2 Å². The van der Waals surface area contributed by atoms with Gasteiger partial charge < -0.3 is 20.1 Å². The van der Waals surface area contributed by atoms with Crippen molar-refractivity contribution in [3.63, 3.8) is 0 Å². The van der Waals surface area contributed by atoms with E-state index in [1.807, 2.05) is 6.92 Å². The normalized spacial score (nSPS) is 11.4. The van der Waals surface area contributed by atoms with Gasteiger partial charge in [-0.1, -0.05) is 48.0 Å². The highest BCUT2D eigenvalue weighted by Crippen LogP contribution is 2.20. The summed E-state index contributed by atoms with van der Waals surface area (Å²) < 4.78 is 4.91. The molecule has 0 aliphatic heterocycles. The molecule has 0 aromatic heterocycles. The zero-order chi connectivity index (χ0) is 21.4. The highest BCUT2D eigenvalue weighted by molar-refractivity contribution is 6.31. The molecule has 0 bridgehead atoms. The van der Waals surface area contributed by atoms with Crippen molar-refractivity contribution in [3.05, 3.63) is 64.7 Å². The first-order valence-corrected chi connectivity index (χ1v) is 9.43. The Morgan fingerprint density at radius 3 is 2.52 bits per heavy atom. The first-order valence-electron chi connectivity index (χ1n) is 9.05. The van der Waals surface area contributed by atoms with Crippen LogP contribution in [0, 0.1) is 6.92 Å². The van der Waals surface area contributed by atoms with Gasteiger partial charge in [-0.15, -0.1) is 0 Å². The lowest BCUT2D eigenvalue weighted by molar-refractivity contribution is -0.159. The molecule has 0 unspecified atom stereocenters. The Balaban J connectivity index is 1.88. The predicted molar refractivity (Wildman–Crippen MR) is 109 cm³/mol. The molecule has 0 spiro atoms.